The summed E-state index contributed by atoms with van der Waals surface area (Å²) in [6.07, 6.45) is 3.25. The van der Waals surface area contributed by atoms with Crippen molar-refractivity contribution in [1.29, 1.82) is 0 Å². The number of amidine groups is 1. The molecule has 1 aromatic heterocycles. The molecule has 4 nitrogen and oxygen atoms in total. The monoisotopic (exact) mass is 376 g/mol. The fourth-order valence-corrected chi connectivity index (χ4v) is 2.94. The summed E-state index contributed by atoms with van der Waals surface area (Å²) in [5.74, 6) is 7.47. The Balaban J connectivity index is 1.90. The first-order valence-electron chi connectivity index (χ1n) is 8.51. The van der Waals surface area contributed by atoms with E-state index in [0.29, 0.717) is 22.0 Å². The standard InChI is InChI=1S/C22H21ClN4/c1-5-17-18(20(24)25-12-19(17)14(2)23)11-8-15-6-9-16(10-7-15)21-26-13-22(3,4)27-21/h5-7,9-10,12H,1-2,13H2,3-4H3,(H2,24,25)(H,26,27). The largest absolute Gasteiger partial charge is 0.383 e. The predicted octanol–water partition coefficient (Wildman–Crippen LogP) is 4.04. The molecule has 2 aromatic rings. The second kappa shape index (κ2) is 7.30. The van der Waals surface area contributed by atoms with Crippen LogP contribution in [-0.2, 0) is 0 Å². The van der Waals surface area contributed by atoms with E-state index in [-0.39, 0.29) is 5.54 Å². The van der Waals surface area contributed by atoms with Crippen LogP contribution >= 0.6 is 11.6 Å². The van der Waals surface area contributed by atoms with E-state index in [1.807, 2.05) is 24.3 Å². The third-order valence-corrected chi connectivity index (χ3v) is 4.43. The Labute approximate surface area is 164 Å². The number of hydrogen-bond donors (Lipinski definition) is 2. The maximum atomic E-state index is 6.04. The third-order valence-electron chi connectivity index (χ3n) is 4.22. The highest BCUT2D eigenvalue weighted by atomic mass is 35.5. The summed E-state index contributed by atoms with van der Waals surface area (Å²) in [7, 11) is 0. The minimum atomic E-state index is -0.00311. The van der Waals surface area contributed by atoms with Crippen LogP contribution in [0.3, 0.4) is 0 Å². The van der Waals surface area contributed by atoms with Crippen LogP contribution < -0.4 is 11.1 Å². The molecule has 3 rings (SSSR count). The lowest BCUT2D eigenvalue weighted by Crippen LogP contribution is -2.39. The predicted molar refractivity (Wildman–Crippen MR) is 115 cm³/mol. The zero-order valence-corrected chi connectivity index (χ0v) is 16.2. The smallest absolute Gasteiger partial charge is 0.139 e. The SMILES string of the molecule is C=Cc1c(C(=C)Cl)cnc(N)c1C#Cc1ccc(C2=NCC(C)(C)N2)cc1. The Hall–Kier alpha value is -3.03. The number of pyridine rings is 1. The summed E-state index contributed by atoms with van der Waals surface area (Å²) in [6.45, 7) is 12.6. The van der Waals surface area contributed by atoms with Crippen LogP contribution in [0.25, 0.3) is 11.1 Å². The zero-order valence-electron chi connectivity index (χ0n) is 15.4. The molecule has 5 heteroatoms. The number of rotatable bonds is 3. The van der Waals surface area contributed by atoms with Crippen molar-refractivity contribution in [3.63, 3.8) is 0 Å². The van der Waals surface area contributed by atoms with Crippen molar-refractivity contribution in [3.05, 3.63) is 71.4 Å². The highest BCUT2D eigenvalue weighted by Gasteiger charge is 2.25. The topological polar surface area (TPSA) is 63.3 Å². The van der Waals surface area contributed by atoms with E-state index >= 15 is 0 Å². The number of aliphatic imine (C=N–C) groups is 1. The summed E-state index contributed by atoms with van der Waals surface area (Å²) in [5, 5.41) is 3.79. The van der Waals surface area contributed by atoms with Gasteiger partial charge in [0, 0.05) is 33.5 Å². The molecule has 0 unspecified atom stereocenters. The van der Waals surface area contributed by atoms with Crippen molar-refractivity contribution in [3.8, 4) is 11.8 Å². The van der Waals surface area contributed by atoms with Gasteiger partial charge >= 0.3 is 0 Å². The van der Waals surface area contributed by atoms with Gasteiger partial charge in [0.25, 0.3) is 0 Å². The minimum Gasteiger partial charge on any atom is -0.383 e. The van der Waals surface area contributed by atoms with Gasteiger partial charge in [0.15, 0.2) is 0 Å². The molecule has 0 radical (unpaired) electrons. The Morgan fingerprint density at radius 2 is 2.00 bits per heavy atom. The summed E-state index contributed by atoms with van der Waals surface area (Å²) in [5.41, 5.74) is 9.91. The maximum absolute atomic E-state index is 6.04. The van der Waals surface area contributed by atoms with E-state index in [4.69, 9.17) is 17.3 Å². The van der Waals surface area contributed by atoms with Gasteiger partial charge in [-0.15, -0.1) is 0 Å². The van der Waals surface area contributed by atoms with Gasteiger partial charge in [-0.1, -0.05) is 54.8 Å². The molecular formula is C22H21ClN4. The van der Waals surface area contributed by atoms with Gasteiger partial charge in [-0.2, -0.15) is 0 Å². The van der Waals surface area contributed by atoms with Gasteiger partial charge in [0.2, 0.25) is 0 Å². The normalized spacial score (nSPS) is 14.6. The molecule has 0 spiro atoms. The number of nitrogens with one attached hydrogen (secondary N) is 1. The van der Waals surface area contributed by atoms with Crippen molar-refractivity contribution in [1.82, 2.24) is 10.3 Å². The Bertz CT molecular complexity index is 1010. The highest BCUT2D eigenvalue weighted by Crippen LogP contribution is 2.26. The van der Waals surface area contributed by atoms with E-state index in [1.165, 1.54) is 0 Å². The molecule has 3 N–H and O–H groups in total. The van der Waals surface area contributed by atoms with Crippen molar-refractivity contribution < 1.29 is 0 Å². The third kappa shape index (κ3) is 4.05. The van der Waals surface area contributed by atoms with Crippen molar-refractivity contribution in [2.75, 3.05) is 12.3 Å². The van der Waals surface area contributed by atoms with E-state index in [0.717, 1.165) is 29.1 Å². The zero-order chi connectivity index (χ0) is 19.6. The molecule has 1 aromatic carbocycles. The number of benzene rings is 1. The quantitative estimate of drug-likeness (QED) is 0.794. The summed E-state index contributed by atoms with van der Waals surface area (Å²) in [6, 6.07) is 7.92. The van der Waals surface area contributed by atoms with Crippen LogP contribution in [0.5, 0.6) is 0 Å². The highest BCUT2D eigenvalue weighted by molar-refractivity contribution is 6.48. The molecule has 0 amide bonds. The fraction of sp³-hybridized carbons (Fsp3) is 0.182. The Morgan fingerprint density at radius 1 is 1.30 bits per heavy atom. The number of halogens is 1. The summed E-state index contributed by atoms with van der Waals surface area (Å²) >= 11 is 6.04. The summed E-state index contributed by atoms with van der Waals surface area (Å²) in [4.78, 5) is 8.71. The van der Waals surface area contributed by atoms with E-state index in [1.54, 1.807) is 12.3 Å². The molecule has 0 fully saturated rings. The summed E-state index contributed by atoms with van der Waals surface area (Å²) < 4.78 is 0. The van der Waals surface area contributed by atoms with E-state index < -0.39 is 0 Å². The first-order valence-corrected chi connectivity index (χ1v) is 8.89. The molecule has 0 atom stereocenters. The molecule has 0 aliphatic carbocycles. The van der Waals surface area contributed by atoms with Gasteiger partial charge in [0.05, 0.1) is 17.6 Å². The molecule has 136 valence electrons. The van der Waals surface area contributed by atoms with Gasteiger partial charge in [-0.3, -0.25) is 4.99 Å². The van der Waals surface area contributed by atoms with Crippen molar-refractivity contribution in [2.45, 2.75) is 19.4 Å². The average molecular weight is 377 g/mol. The molecular weight excluding hydrogens is 356 g/mol. The van der Waals surface area contributed by atoms with Crippen LogP contribution in [0.1, 0.15) is 41.7 Å². The molecule has 0 saturated carbocycles. The van der Waals surface area contributed by atoms with Crippen LogP contribution in [0.4, 0.5) is 5.82 Å². The molecule has 0 saturated heterocycles. The second-order valence-corrected chi connectivity index (χ2v) is 7.41. The first-order chi connectivity index (χ1) is 12.8. The van der Waals surface area contributed by atoms with E-state index in [9.17, 15) is 0 Å². The average Bonchev–Trinajstić information content (AvgIpc) is 3.00. The van der Waals surface area contributed by atoms with Crippen molar-refractivity contribution >= 4 is 34.4 Å². The van der Waals surface area contributed by atoms with Gasteiger partial charge < -0.3 is 11.1 Å². The molecule has 27 heavy (non-hydrogen) atoms. The molecule has 2 heterocycles. The van der Waals surface area contributed by atoms with Crippen LogP contribution in [0.15, 0.2) is 48.6 Å². The Kier molecular flexibility index (Phi) is 5.07. The van der Waals surface area contributed by atoms with E-state index in [2.05, 4.69) is 54.1 Å². The van der Waals surface area contributed by atoms with Crippen LogP contribution in [-0.4, -0.2) is 22.9 Å². The maximum Gasteiger partial charge on any atom is 0.139 e. The number of hydrogen-bond acceptors (Lipinski definition) is 4. The fourth-order valence-electron chi connectivity index (χ4n) is 2.79. The molecule has 0 bridgehead atoms. The van der Waals surface area contributed by atoms with Crippen LogP contribution in [0, 0.1) is 11.8 Å². The van der Waals surface area contributed by atoms with Gasteiger partial charge in [-0.25, -0.2) is 4.98 Å². The van der Waals surface area contributed by atoms with Gasteiger partial charge in [-0.05, 0) is 26.0 Å². The lowest BCUT2D eigenvalue weighted by molar-refractivity contribution is 0.506. The van der Waals surface area contributed by atoms with Gasteiger partial charge in [0.1, 0.15) is 11.7 Å². The second-order valence-electron chi connectivity index (χ2n) is 6.96. The number of nitrogens with two attached hydrogens (primary N) is 1. The molecule has 1 aliphatic rings. The number of nitrogen functional groups attached to an aromatic ring is 1. The molecule has 1 aliphatic heterocycles. The minimum absolute atomic E-state index is 0.00311. The number of anilines is 1. The Morgan fingerprint density at radius 3 is 2.56 bits per heavy atom. The first kappa shape index (κ1) is 18.8. The van der Waals surface area contributed by atoms with Crippen LogP contribution in [0.2, 0.25) is 0 Å². The van der Waals surface area contributed by atoms with Crippen molar-refractivity contribution in [2.24, 2.45) is 4.99 Å². The number of nitrogens with zero attached hydrogens (tertiary/aromatic N) is 2. The lowest BCUT2D eigenvalue weighted by Gasteiger charge is -2.18. The lowest BCUT2D eigenvalue weighted by atomic mass is 10.0. The number of aromatic nitrogens is 1.